The lowest BCUT2D eigenvalue weighted by Gasteiger charge is -2.24. The average molecular weight is 387 g/mol. The van der Waals surface area contributed by atoms with Gasteiger partial charge in [-0.3, -0.25) is 10.6 Å². The van der Waals surface area contributed by atoms with Crippen molar-refractivity contribution in [2.45, 2.75) is 51.5 Å². The summed E-state index contributed by atoms with van der Waals surface area (Å²) in [6, 6.07) is 19.1. The van der Waals surface area contributed by atoms with Crippen molar-refractivity contribution in [1.29, 1.82) is 0 Å². The Morgan fingerprint density at radius 1 is 0.964 bits per heavy atom. The Labute approximate surface area is 168 Å². The quantitative estimate of drug-likeness (QED) is 0.312. The van der Waals surface area contributed by atoms with Crippen LogP contribution in [0.1, 0.15) is 43.7 Å². The molecular formula is C23H34N2O3. The van der Waals surface area contributed by atoms with E-state index in [2.05, 4.69) is 19.1 Å². The van der Waals surface area contributed by atoms with Gasteiger partial charge < -0.3 is 10.2 Å². The van der Waals surface area contributed by atoms with Gasteiger partial charge >= 0.3 is 5.97 Å². The lowest BCUT2D eigenvalue weighted by molar-refractivity contribution is -0.143. The normalized spacial score (nSPS) is 11.6. The van der Waals surface area contributed by atoms with E-state index in [0.717, 1.165) is 37.7 Å². The number of benzene rings is 2. The number of nitrogens with two attached hydrogens (primary N) is 1. The van der Waals surface area contributed by atoms with Gasteiger partial charge in [0.15, 0.2) is 0 Å². The molecule has 5 heteroatoms. The van der Waals surface area contributed by atoms with Crippen molar-refractivity contribution in [3.63, 3.8) is 0 Å². The number of aliphatic carboxylic acids is 1. The summed E-state index contributed by atoms with van der Waals surface area (Å²) in [4.78, 5) is 11.3. The van der Waals surface area contributed by atoms with Crippen LogP contribution in [0.15, 0.2) is 60.7 Å². The summed E-state index contributed by atoms with van der Waals surface area (Å²) < 4.78 is 0. The van der Waals surface area contributed by atoms with Crippen LogP contribution in [0.5, 0.6) is 0 Å². The molecule has 0 aromatic heterocycles. The van der Waals surface area contributed by atoms with E-state index in [1.165, 1.54) is 10.6 Å². The molecule has 0 saturated heterocycles. The van der Waals surface area contributed by atoms with E-state index >= 15 is 0 Å². The van der Waals surface area contributed by atoms with Gasteiger partial charge in [-0.25, -0.2) is 5.01 Å². The fourth-order valence-corrected chi connectivity index (χ4v) is 2.81. The van der Waals surface area contributed by atoms with Crippen LogP contribution >= 0.6 is 0 Å². The molecule has 0 radical (unpaired) electrons. The van der Waals surface area contributed by atoms with Gasteiger partial charge in [0.1, 0.15) is 6.04 Å². The summed E-state index contributed by atoms with van der Waals surface area (Å²) in [5, 5.41) is 19.2. The molecule has 0 aliphatic heterocycles. The maximum Gasteiger partial charge on any atom is 0.322 e. The molecule has 0 heterocycles. The Hall–Kier alpha value is -2.21. The van der Waals surface area contributed by atoms with Gasteiger partial charge in [0, 0.05) is 13.2 Å². The number of unbranched alkanes of at least 4 members (excludes halogenated alkanes) is 2. The van der Waals surface area contributed by atoms with E-state index in [4.69, 9.17) is 10.9 Å². The Kier molecular flexibility index (Phi) is 12.6. The molecule has 4 N–H and O–H groups in total. The number of hydrogen-bond acceptors (Lipinski definition) is 4. The molecule has 0 spiro atoms. The molecule has 2 aromatic rings. The van der Waals surface area contributed by atoms with Crippen molar-refractivity contribution >= 4 is 5.97 Å². The number of aliphatic hydroxyl groups excluding tert-OH is 1. The number of carboxylic acids is 1. The summed E-state index contributed by atoms with van der Waals surface area (Å²) in [5.41, 5.74) is 2.30. The molecule has 0 aliphatic carbocycles. The Morgan fingerprint density at radius 2 is 1.54 bits per heavy atom. The predicted octanol–water partition coefficient (Wildman–Crippen LogP) is 3.66. The number of rotatable bonds is 11. The predicted molar refractivity (Wildman–Crippen MR) is 114 cm³/mol. The van der Waals surface area contributed by atoms with Gasteiger partial charge in [0.2, 0.25) is 0 Å². The second-order valence-electron chi connectivity index (χ2n) is 6.80. The summed E-state index contributed by atoms with van der Waals surface area (Å²) in [5.74, 6) is 5.00. The Bertz CT molecular complexity index is 635. The van der Waals surface area contributed by atoms with Gasteiger partial charge in [0.05, 0.1) is 0 Å². The second kappa shape index (κ2) is 14.8. The number of carboxylic acid groups (broad SMARTS) is 1. The first-order chi connectivity index (χ1) is 13.6. The molecular weight excluding hydrogens is 352 g/mol. The summed E-state index contributed by atoms with van der Waals surface area (Å²) in [7, 11) is 0. The van der Waals surface area contributed by atoms with Gasteiger partial charge in [-0.15, -0.1) is 0 Å². The molecule has 0 bridgehead atoms. The zero-order valence-electron chi connectivity index (χ0n) is 16.8. The molecule has 154 valence electrons. The standard InChI is InChI=1S/C14H22N2O2.C9H12O/c1-2-3-7-10-16(15)13(14(17)18)11-12-8-5-4-6-9-12;10-8-4-7-9-5-2-1-3-6-9/h4-6,8-9,13H,2-3,7,10-11,15H2,1H3,(H,17,18);1-3,5-6,10H,4,7-8H2. The van der Waals surface area contributed by atoms with Crippen LogP contribution in [-0.2, 0) is 17.6 Å². The Balaban J connectivity index is 0.000000330. The van der Waals surface area contributed by atoms with Crippen LogP contribution in [0.4, 0.5) is 0 Å². The topological polar surface area (TPSA) is 86.8 Å². The van der Waals surface area contributed by atoms with Crippen molar-refractivity contribution in [1.82, 2.24) is 5.01 Å². The van der Waals surface area contributed by atoms with Gasteiger partial charge in [-0.2, -0.15) is 0 Å². The molecule has 1 atom stereocenters. The van der Waals surface area contributed by atoms with E-state index < -0.39 is 12.0 Å². The third-order valence-electron chi connectivity index (χ3n) is 4.44. The van der Waals surface area contributed by atoms with Crippen molar-refractivity contribution in [2.24, 2.45) is 5.84 Å². The van der Waals surface area contributed by atoms with Crippen LogP contribution in [-0.4, -0.2) is 40.4 Å². The van der Waals surface area contributed by atoms with Crippen LogP contribution in [0.25, 0.3) is 0 Å². The smallest absolute Gasteiger partial charge is 0.322 e. The molecule has 0 amide bonds. The lowest BCUT2D eigenvalue weighted by atomic mass is 10.1. The van der Waals surface area contributed by atoms with E-state index in [-0.39, 0.29) is 6.61 Å². The second-order valence-corrected chi connectivity index (χ2v) is 6.80. The number of hydrogen-bond donors (Lipinski definition) is 3. The number of aliphatic hydroxyl groups is 1. The Morgan fingerprint density at radius 3 is 2.04 bits per heavy atom. The highest BCUT2D eigenvalue weighted by atomic mass is 16.4. The van der Waals surface area contributed by atoms with E-state index in [1.54, 1.807) is 0 Å². The first kappa shape index (κ1) is 23.8. The zero-order valence-corrected chi connectivity index (χ0v) is 16.8. The van der Waals surface area contributed by atoms with E-state index in [0.29, 0.717) is 13.0 Å². The average Bonchev–Trinajstić information content (AvgIpc) is 2.72. The van der Waals surface area contributed by atoms with Crippen LogP contribution in [0, 0.1) is 0 Å². The highest BCUT2D eigenvalue weighted by Crippen LogP contribution is 2.08. The van der Waals surface area contributed by atoms with Crippen LogP contribution in [0.3, 0.4) is 0 Å². The molecule has 1 unspecified atom stereocenters. The van der Waals surface area contributed by atoms with E-state index in [1.807, 2.05) is 48.5 Å². The summed E-state index contributed by atoms with van der Waals surface area (Å²) >= 11 is 0. The lowest BCUT2D eigenvalue weighted by Crippen LogP contribution is -2.47. The van der Waals surface area contributed by atoms with Crippen molar-refractivity contribution in [3.8, 4) is 0 Å². The number of aryl methyl sites for hydroxylation is 1. The highest BCUT2D eigenvalue weighted by Gasteiger charge is 2.23. The maximum absolute atomic E-state index is 11.3. The molecule has 2 aromatic carbocycles. The monoisotopic (exact) mass is 386 g/mol. The molecule has 0 aliphatic rings. The largest absolute Gasteiger partial charge is 0.480 e. The van der Waals surface area contributed by atoms with Gasteiger partial charge in [0.25, 0.3) is 0 Å². The minimum absolute atomic E-state index is 0.287. The van der Waals surface area contributed by atoms with Crippen molar-refractivity contribution in [2.75, 3.05) is 13.2 Å². The molecule has 2 rings (SSSR count). The zero-order chi connectivity index (χ0) is 20.6. The molecule has 28 heavy (non-hydrogen) atoms. The summed E-state index contributed by atoms with van der Waals surface area (Å²) in [6.45, 7) is 3.02. The third kappa shape index (κ3) is 10.2. The van der Waals surface area contributed by atoms with Crippen LogP contribution in [0.2, 0.25) is 0 Å². The van der Waals surface area contributed by atoms with Crippen LogP contribution < -0.4 is 5.84 Å². The fourth-order valence-electron chi connectivity index (χ4n) is 2.81. The molecule has 0 fully saturated rings. The minimum Gasteiger partial charge on any atom is -0.480 e. The number of nitrogens with zero attached hydrogens (tertiary/aromatic N) is 1. The number of carbonyl (C=O) groups is 1. The van der Waals surface area contributed by atoms with Crippen molar-refractivity contribution < 1.29 is 15.0 Å². The SMILES string of the molecule is CCCCCN(N)C(Cc1ccccc1)C(=O)O.OCCCc1ccccc1. The molecule has 5 nitrogen and oxygen atoms in total. The number of hydrazine groups is 1. The maximum atomic E-state index is 11.3. The fraction of sp³-hybridized carbons (Fsp3) is 0.435. The molecule has 0 saturated carbocycles. The first-order valence-electron chi connectivity index (χ1n) is 10.0. The summed E-state index contributed by atoms with van der Waals surface area (Å²) in [6.07, 6.45) is 5.40. The first-order valence-corrected chi connectivity index (χ1v) is 10.0. The minimum atomic E-state index is -0.863. The van der Waals surface area contributed by atoms with E-state index in [9.17, 15) is 9.90 Å². The van der Waals surface area contributed by atoms with Gasteiger partial charge in [-0.05, 0) is 36.8 Å². The third-order valence-corrected chi connectivity index (χ3v) is 4.44. The highest BCUT2D eigenvalue weighted by molar-refractivity contribution is 5.73. The van der Waals surface area contributed by atoms with Gasteiger partial charge in [-0.1, -0.05) is 80.4 Å². The van der Waals surface area contributed by atoms with Crippen molar-refractivity contribution in [3.05, 3.63) is 71.8 Å².